The molecule has 0 bridgehead atoms. The minimum Gasteiger partial charge on any atom is -0.489 e. The molecule has 0 heterocycles. The van der Waals surface area contributed by atoms with Crippen LogP contribution < -0.4 is 4.74 Å². The second kappa shape index (κ2) is 4.88. The van der Waals surface area contributed by atoms with Crippen LogP contribution in [0.1, 0.15) is 0 Å². The van der Waals surface area contributed by atoms with Gasteiger partial charge in [0, 0.05) is 6.07 Å². The van der Waals surface area contributed by atoms with Gasteiger partial charge in [0.25, 0.3) is 0 Å². The van der Waals surface area contributed by atoms with Gasteiger partial charge in [0.1, 0.15) is 6.61 Å². The van der Waals surface area contributed by atoms with E-state index in [1.54, 1.807) is 0 Å². The molecule has 0 aliphatic carbocycles. The molecule has 0 amide bonds. The average molecular weight is 238 g/mol. The Morgan fingerprint density at radius 2 is 2.07 bits per heavy atom. The summed E-state index contributed by atoms with van der Waals surface area (Å²) in [6.45, 7) is -0.00424. The molecule has 0 aromatic heterocycles. The minimum atomic E-state index is -1.15. The largest absolute Gasteiger partial charge is 0.489 e. The summed E-state index contributed by atoms with van der Waals surface area (Å²) < 4.78 is 30.8. The number of hydrogen-bond donors (Lipinski definition) is 0. The molecule has 7 heteroatoms. The van der Waals surface area contributed by atoms with Crippen LogP contribution in [0, 0.1) is 21.7 Å². The van der Waals surface area contributed by atoms with E-state index in [-0.39, 0.29) is 12.5 Å². The number of benzene rings is 1. The lowest BCUT2D eigenvalue weighted by Gasteiger charge is -2.05. The van der Waals surface area contributed by atoms with Crippen LogP contribution in [0.5, 0.6) is 5.75 Å². The molecule has 0 aliphatic heterocycles. The number of ether oxygens (including phenoxy) is 1. The van der Waals surface area contributed by atoms with Crippen molar-refractivity contribution in [3.8, 4) is 5.75 Å². The summed E-state index contributed by atoms with van der Waals surface area (Å²) in [5.41, 5.74) is -0.925. The minimum absolute atomic E-state index is 0.00424. The van der Waals surface area contributed by atoms with Gasteiger partial charge in [-0.2, -0.15) is 4.39 Å². The van der Waals surface area contributed by atoms with Crippen LogP contribution in [0.25, 0.3) is 0 Å². The van der Waals surface area contributed by atoms with Gasteiger partial charge in [-0.15, -0.1) is 11.6 Å². The standard InChI is InChI=1S/C8H6ClF2NO3/c9-1-2-15-8-4-5(10)7(12(13)14)3-6(8)11/h3-4H,1-2H2. The number of nitro groups is 1. The van der Waals surface area contributed by atoms with E-state index in [9.17, 15) is 18.9 Å². The van der Waals surface area contributed by atoms with Crippen molar-refractivity contribution in [2.24, 2.45) is 0 Å². The number of nitrogens with zero attached hydrogens (tertiary/aromatic N) is 1. The topological polar surface area (TPSA) is 52.4 Å². The van der Waals surface area contributed by atoms with E-state index in [0.717, 1.165) is 0 Å². The van der Waals surface area contributed by atoms with Gasteiger partial charge in [-0.1, -0.05) is 0 Å². The lowest BCUT2D eigenvalue weighted by atomic mass is 10.3. The summed E-state index contributed by atoms with van der Waals surface area (Å²) in [4.78, 5) is 9.23. The maximum Gasteiger partial charge on any atom is 0.307 e. The van der Waals surface area contributed by atoms with Gasteiger partial charge in [0.2, 0.25) is 5.82 Å². The van der Waals surface area contributed by atoms with E-state index < -0.39 is 28.0 Å². The molecule has 0 N–H and O–H groups in total. The zero-order chi connectivity index (χ0) is 11.4. The highest BCUT2D eigenvalue weighted by Crippen LogP contribution is 2.26. The lowest BCUT2D eigenvalue weighted by molar-refractivity contribution is -0.387. The van der Waals surface area contributed by atoms with Crippen LogP contribution in [0.15, 0.2) is 12.1 Å². The average Bonchev–Trinajstić information content (AvgIpc) is 2.18. The van der Waals surface area contributed by atoms with Crippen LogP contribution in [-0.2, 0) is 0 Å². The first kappa shape index (κ1) is 11.6. The molecular weight excluding hydrogens is 232 g/mol. The van der Waals surface area contributed by atoms with Crippen molar-refractivity contribution in [2.45, 2.75) is 0 Å². The summed E-state index contributed by atoms with van der Waals surface area (Å²) >= 11 is 5.28. The number of halogens is 3. The maximum absolute atomic E-state index is 13.1. The summed E-state index contributed by atoms with van der Waals surface area (Å²) in [6, 6.07) is 1.10. The van der Waals surface area contributed by atoms with E-state index in [0.29, 0.717) is 12.1 Å². The lowest BCUT2D eigenvalue weighted by Crippen LogP contribution is -2.02. The quantitative estimate of drug-likeness (QED) is 0.459. The van der Waals surface area contributed by atoms with E-state index in [1.165, 1.54) is 0 Å². The van der Waals surface area contributed by atoms with E-state index in [2.05, 4.69) is 0 Å². The summed E-state index contributed by atoms with van der Waals surface area (Å²) in [6.07, 6.45) is 0. The monoisotopic (exact) mass is 237 g/mol. The molecular formula is C8H6ClF2NO3. The third kappa shape index (κ3) is 2.76. The van der Waals surface area contributed by atoms with E-state index in [1.807, 2.05) is 0 Å². The van der Waals surface area contributed by atoms with Crippen molar-refractivity contribution in [1.82, 2.24) is 0 Å². The fraction of sp³-hybridized carbons (Fsp3) is 0.250. The maximum atomic E-state index is 13.1. The molecule has 0 unspecified atom stereocenters. The molecule has 0 saturated heterocycles. The van der Waals surface area contributed by atoms with Gasteiger partial charge in [-0.05, 0) is 0 Å². The molecule has 0 fully saturated rings. The predicted octanol–water partition coefficient (Wildman–Crippen LogP) is 2.49. The Kier molecular flexibility index (Phi) is 3.79. The normalized spacial score (nSPS) is 10.1. The Hall–Kier alpha value is -1.43. The zero-order valence-corrected chi connectivity index (χ0v) is 8.13. The fourth-order valence-electron chi connectivity index (χ4n) is 0.917. The molecule has 4 nitrogen and oxygen atoms in total. The van der Waals surface area contributed by atoms with Crippen molar-refractivity contribution in [3.05, 3.63) is 33.9 Å². The molecule has 0 spiro atoms. The van der Waals surface area contributed by atoms with Crippen molar-refractivity contribution < 1.29 is 18.4 Å². The van der Waals surface area contributed by atoms with E-state index >= 15 is 0 Å². The molecule has 0 radical (unpaired) electrons. The first-order chi connectivity index (χ1) is 7.06. The zero-order valence-electron chi connectivity index (χ0n) is 7.37. The molecule has 0 saturated carbocycles. The predicted molar refractivity (Wildman–Crippen MR) is 49.2 cm³/mol. The van der Waals surface area contributed by atoms with Crippen molar-refractivity contribution >= 4 is 17.3 Å². The molecule has 1 aromatic carbocycles. The third-order valence-corrected chi connectivity index (χ3v) is 1.69. The molecule has 1 rings (SSSR count). The molecule has 0 atom stereocenters. The summed E-state index contributed by atoms with van der Waals surface area (Å²) in [5.74, 6) is -2.42. The Morgan fingerprint density at radius 3 is 2.60 bits per heavy atom. The van der Waals surface area contributed by atoms with Crippen molar-refractivity contribution in [3.63, 3.8) is 0 Å². The Balaban J connectivity index is 3.02. The number of hydrogen-bond acceptors (Lipinski definition) is 3. The highest BCUT2D eigenvalue weighted by molar-refractivity contribution is 6.17. The fourth-order valence-corrected chi connectivity index (χ4v) is 0.994. The first-order valence-electron chi connectivity index (χ1n) is 3.88. The number of rotatable bonds is 4. The van der Waals surface area contributed by atoms with Crippen LogP contribution in [-0.4, -0.2) is 17.4 Å². The SMILES string of the molecule is O=[N+]([O-])c1cc(F)c(OCCCl)cc1F. The van der Waals surface area contributed by atoms with Crippen LogP contribution in [0.2, 0.25) is 0 Å². The number of alkyl halides is 1. The van der Waals surface area contributed by atoms with Gasteiger partial charge in [0.15, 0.2) is 11.6 Å². The second-order valence-electron chi connectivity index (χ2n) is 2.53. The highest BCUT2D eigenvalue weighted by atomic mass is 35.5. The Labute approximate surface area is 88.6 Å². The van der Waals surface area contributed by atoms with Gasteiger partial charge in [-0.3, -0.25) is 10.1 Å². The van der Waals surface area contributed by atoms with Gasteiger partial charge in [-0.25, -0.2) is 4.39 Å². The molecule has 15 heavy (non-hydrogen) atoms. The van der Waals surface area contributed by atoms with Crippen LogP contribution in [0.3, 0.4) is 0 Å². The summed E-state index contributed by atoms with van der Waals surface area (Å²) in [7, 11) is 0. The van der Waals surface area contributed by atoms with Gasteiger partial charge < -0.3 is 4.74 Å². The third-order valence-electron chi connectivity index (χ3n) is 1.53. The second-order valence-corrected chi connectivity index (χ2v) is 2.91. The smallest absolute Gasteiger partial charge is 0.307 e. The Morgan fingerprint density at radius 1 is 1.40 bits per heavy atom. The van der Waals surface area contributed by atoms with Gasteiger partial charge >= 0.3 is 5.69 Å². The molecule has 82 valence electrons. The number of nitro benzene ring substituents is 1. The van der Waals surface area contributed by atoms with Crippen LogP contribution in [0.4, 0.5) is 14.5 Å². The molecule has 1 aromatic rings. The highest BCUT2D eigenvalue weighted by Gasteiger charge is 2.19. The van der Waals surface area contributed by atoms with Gasteiger partial charge in [0.05, 0.1) is 16.9 Å². The van der Waals surface area contributed by atoms with Crippen molar-refractivity contribution in [2.75, 3.05) is 12.5 Å². The van der Waals surface area contributed by atoms with E-state index in [4.69, 9.17) is 16.3 Å². The first-order valence-corrected chi connectivity index (χ1v) is 4.42. The molecule has 0 aliphatic rings. The summed E-state index contributed by atoms with van der Waals surface area (Å²) in [5, 5.41) is 10.2. The van der Waals surface area contributed by atoms with Crippen LogP contribution >= 0.6 is 11.6 Å². The van der Waals surface area contributed by atoms with Crippen molar-refractivity contribution in [1.29, 1.82) is 0 Å². The Bertz CT molecular complexity index is 386.